The fourth-order valence-corrected chi connectivity index (χ4v) is 3.31. The maximum absolute atomic E-state index is 12.6. The Balaban J connectivity index is 1.51. The Labute approximate surface area is 136 Å². The Morgan fingerprint density at radius 1 is 1.09 bits per heavy atom. The summed E-state index contributed by atoms with van der Waals surface area (Å²) in [7, 11) is 0. The zero-order valence-electron chi connectivity index (χ0n) is 13.6. The minimum atomic E-state index is -4.26. The van der Waals surface area contributed by atoms with Crippen LogP contribution in [0.5, 0.6) is 0 Å². The second kappa shape index (κ2) is 6.81. The van der Waals surface area contributed by atoms with E-state index in [9.17, 15) is 13.2 Å². The Morgan fingerprint density at radius 2 is 1.70 bits per heavy atom. The van der Waals surface area contributed by atoms with Crippen LogP contribution in [0, 0.1) is 5.92 Å². The van der Waals surface area contributed by atoms with Gasteiger partial charge >= 0.3 is 6.18 Å². The summed E-state index contributed by atoms with van der Waals surface area (Å²) in [5.41, 5.74) is 0.388. The first-order chi connectivity index (χ1) is 10.9. The lowest BCUT2D eigenvalue weighted by atomic mass is 9.99. The molecule has 0 aromatic heterocycles. The van der Waals surface area contributed by atoms with Gasteiger partial charge in [0.25, 0.3) is 0 Å². The monoisotopic (exact) mass is 326 g/mol. The molecule has 1 N–H and O–H groups in total. The zero-order valence-corrected chi connectivity index (χ0v) is 13.6. The quantitative estimate of drug-likeness (QED) is 0.871. The highest BCUT2D eigenvalue weighted by atomic mass is 19.4. The SMILES string of the molecule is CC(c1ccc(C(F)(F)F)cc1)N1CCC(NCC2CC2)CC1. The van der Waals surface area contributed by atoms with E-state index in [-0.39, 0.29) is 6.04 Å². The van der Waals surface area contributed by atoms with Crippen molar-refractivity contribution in [3.05, 3.63) is 35.4 Å². The third kappa shape index (κ3) is 4.48. The van der Waals surface area contributed by atoms with E-state index in [1.165, 1.54) is 25.0 Å². The van der Waals surface area contributed by atoms with Crippen molar-refractivity contribution in [3.63, 3.8) is 0 Å². The van der Waals surface area contributed by atoms with Crippen molar-refractivity contribution in [2.45, 2.75) is 50.9 Å². The van der Waals surface area contributed by atoms with Crippen LogP contribution in [-0.4, -0.2) is 30.6 Å². The van der Waals surface area contributed by atoms with Crippen molar-refractivity contribution in [3.8, 4) is 0 Å². The lowest BCUT2D eigenvalue weighted by Crippen LogP contribution is -2.43. The maximum atomic E-state index is 12.6. The van der Waals surface area contributed by atoms with Crippen LogP contribution < -0.4 is 5.32 Å². The van der Waals surface area contributed by atoms with Gasteiger partial charge in [0, 0.05) is 25.2 Å². The third-order valence-electron chi connectivity index (χ3n) is 5.19. The first-order valence-corrected chi connectivity index (χ1v) is 8.58. The van der Waals surface area contributed by atoms with Gasteiger partial charge in [-0.2, -0.15) is 13.2 Å². The van der Waals surface area contributed by atoms with Gasteiger partial charge in [0.2, 0.25) is 0 Å². The average Bonchev–Trinajstić information content (AvgIpc) is 3.36. The first-order valence-electron chi connectivity index (χ1n) is 8.58. The highest BCUT2D eigenvalue weighted by Crippen LogP contribution is 2.32. The number of nitrogens with one attached hydrogen (secondary N) is 1. The number of piperidine rings is 1. The molecule has 1 heterocycles. The van der Waals surface area contributed by atoms with Gasteiger partial charge in [-0.15, -0.1) is 0 Å². The summed E-state index contributed by atoms with van der Waals surface area (Å²) in [5.74, 6) is 0.902. The topological polar surface area (TPSA) is 15.3 Å². The Morgan fingerprint density at radius 3 is 2.22 bits per heavy atom. The minimum absolute atomic E-state index is 0.168. The van der Waals surface area contributed by atoms with Crippen molar-refractivity contribution in [1.29, 1.82) is 0 Å². The molecule has 2 aliphatic rings. The van der Waals surface area contributed by atoms with E-state index >= 15 is 0 Å². The normalized spacial score (nSPS) is 22.3. The number of hydrogen-bond donors (Lipinski definition) is 1. The number of hydrogen-bond acceptors (Lipinski definition) is 2. The molecule has 1 aliphatic carbocycles. The molecule has 0 bridgehead atoms. The number of nitrogens with zero attached hydrogens (tertiary/aromatic N) is 1. The summed E-state index contributed by atoms with van der Waals surface area (Å²) in [4.78, 5) is 2.37. The fraction of sp³-hybridized carbons (Fsp3) is 0.667. The van der Waals surface area contributed by atoms with E-state index in [0.29, 0.717) is 6.04 Å². The average molecular weight is 326 g/mol. The van der Waals surface area contributed by atoms with E-state index in [1.54, 1.807) is 12.1 Å². The zero-order chi connectivity index (χ0) is 16.4. The molecule has 128 valence electrons. The summed E-state index contributed by atoms with van der Waals surface area (Å²) >= 11 is 0. The van der Waals surface area contributed by atoms with Gasteiger partial charge in [-0.05, 0) is 62.8 Å². The molecule has 1 aromatic carbocycles. The molecule has 3 rings (SSSR count). The summed E-state index contributed by atoms with van der Waals surface area (Å²) in [6.07, 6.45) is 0.732. The molecule has 1 saturated carbocycles. The summed E-state index contributed by atoms with van der Waals surface area (Å²) in [5, 5.41) is 3.66. The molecule has 0 amide bonds. The molecule has 2 fully saturated rings. The molecule has 1 aromatic rings. The second-order valence-corrected chi connectivity index (χ2v) is 6.96. The number of benzene rings is 1. The molecule has 0 spiro atoms. The molecule has 1 saturated heterocycles. The Kier molecular flexibility index (Phi) is 4.97. The number of alkyl halides is 3. The lowest BCUT2D eigenvalue weighted by Gasteiger charge is -2.36. The first kappa shape index (κ1) is 16.8. The molecule has 5 heteroatoms. The summed E-state index contributed by atoms with van der Waals surface area (Å²) < 4.78 is 37.9. The number of rotatable bonds is 5. The molecule has 0 radical (unpaired) electrons. The van der Waals surface area contributed by atoms with Crippen LogP contribution in [0.2, 0.25) is 0 Å². The van der Waals surface area contributed by atoms with Crippen LogP contribution in [0.4, 0.5) is 13.2 Å². The highest BCUT2D eigenvalue weighted by molar-refractivity contribution is 5.26. The van der Waals surface area contributed by atoms with E-state index < -0.39 is 11.7 Å². The van der Waals surface area contributed by atoms with Gasteiger partial charge in [-0.1, -0.05) is 12.1 Å². The highest BCUT2D eigenvalue weighted by Gasteiger charge is 2.31. The fourth-order valence-electron chi connectivity index (χ4n) is 3.31. The summed E-state index contributed by atoms with van der Waals surface area (Å²) in [6.45, 7) is 5.24. The van der Waals surface area contributed by atoms with E-state index in [0.717, 1.165) is 44.0 Å². The lowest BCUT2D eigenvalue weighted by molar-refractivity contribution is -0.137. The van der Waals surface area contributed by atoms with Gasteiger partial charge in [0.1, 0.15) is 0 Å². The molecule has 1 atom stereocenters. The summed E-state index contributed by atoms with van der Waals surface area (Å²) in [6, 6.07) is 6.38. The predicted molar refractivity (Wildman–Crippen MR) is 85.2 cm³/mol. The van der Waals surface area contributed by atoms with Crippen LogP contribution in [0.25, 0.3) is 0 Å². The molecular formula is C18H25F3N2. The van der Waals surface area contributed by atoms with Crippen molar-refractivity contribution in [2.24, 2.45) is 5.92 Å². The van der Waals surface area contributed by atoms with Crippen LogP contribution in [0.3, 0.4) is 0 Å². The molecule has 23 heavy (non-hydrogen) atoms. The van der Waals surface area contributed by atoms with Gasteiger partial charge in [-0.25, -0.2) is 0 Å². The van der Waals surface area contributed by atoms with Crippen molar-refractivity contribution >= 4 is 0 Å². The van der Waals surface area contributed by atoms with Crippen LogP contribution in [0.1, 0.15) is 49.8 Å². The largest absolute Gasteiger partial charge is 0.416 e. The molecule has 1 aliphatic heterocycles. The molecular weight excluding hydrogens is 301 g/mol. The molecule has 1 unspecified atom stereocenters. The maximum Gasteiger partial charge on any atom is 0.416 e. The van der Waals surface area contributed by atoms with Gasteiger partial charge in [0.15, 0.2) is 0 Å². The Bertz CT molecular complexity index is 500. The molecule has 2 nitrogen and oxygen atoms in total. The van der Waals surface area contributed by atoms with E-state index in [1.807, 2.05) is 0 Å². The van der Waals surface area contributed by atoms with Gasteiger partial charge in [0.05, 0.1) is 5.56 Å². The third-order valence-corrected chi connectivity index (χ3v) is 5.19. The van der Waals surface area contributed by atoms with Crippen LogP contribution in [-0.2, 0) is 6.18 Å². The van der Waals surface area contributed by atoms with Gasteiger partial charge < -0.3 is 5.32 Å². The number of halogens is 3. The smallest absolute Gasteiger partial charge is 0.314 e. The van der Waals surface area contributed by atoms with Crippen molar-refractivity contribution < 1.29 is 13.2 Å². The predicted octanol–water partition coefficient (Wildman–Crippen LogP) is 4.23. The number of likely N-dealkylation sites (tertiary alicyclic amines) is 1. The van der Waals surface area contributed by atoms with Crippen LogP contribution in [0.15, 0.2) is 24.3 Å². The van der Waals surface area contributed by atoms with Crippen LogP contribution >= 0.6 is 0 Å². The van der Waals surface area contributed by atoms with E-state index in [2.05, 4.69) is 17.1 Å². The Hall–Kier alpha value is -1.07. The minimum Gasteiger partial charge on any atom is -0.314 e. The van der Waals surface area contributed by atoms with Gasteiger partial charge in [-0.3, -0.25) is 4.90 Å². The van der Waals surface area contributed by atoms with Crippen molar-refractivity contribution in [1.82, 2.24) is 10.2 Å². The van der Waals surface area contributed by atoms with Crippen molar-refractivity contribution in [2.75, 3.05) is 19.6 Å². The second-order valence-electron chi connectivity index (χ2n) is 6.96. The standard InChI is InChI=1S/C18H25F3N2/c1-13(15-4-6-16(7-5-15)18(19,20)21)23-10-8-17(9-11-23)22-12-14-2-3-14/h4-7,13-14,17,22H,2-3,8-12H2,1H3. The van der Waals surface area contributed by atoms with E-state index in [4.69, 9.17) is 0 Å².